The number of hydrogen-bond acceptors (Lipinski definition) is 6. The minimum Gasteiger partial charge on any atom is -0.462 e. The summed E-state index contributed by atoms with van der Waals surface area (Å²) in [5.74, 6) is -0.851. The molecule has 0 aromatic heterocycles. The summed E-state index contributed by atoms with van der Waals surface area (Å²) >= 11 is 0. The number of unbranched alkanes of at least 4 members (excludes halogenated alkanes) is 42. The van der Waals surface area contributed by atoms with E-state index in [0.717, 1.165) is 57.8 Å². The molecule has 0 spiro atoms. The highest BCUT2D eigenvalue weighted by atomic mass is 16.6. The first-order chi connectivity index (χ1) is 34.0. The quantitative estimate of drug-likeness (QED) is 0.0261. The second kappa shape index (κ2) is 58.5. The Labute approximate surface area is 430 Å². The molecule has 0 aromatic rings. The van der Waals surface area contributed by atoms with E-state index in [1.165, 1.54) is 244 Å². The molecule has 0 saturated carbocycles. The Morgan fingerprint density at radius 3 is 0.739 bits per heavy atom. The van der Waals surface area contributed by atoms with Gasteiger partial charge in [-0.1, -0.05) is 276 Å². The van der Waals surface area contributed by atoms with Crippen molar-refractivity contribution in [2.24, 2.45) is 0 Å². The molecule has 0 aliphatic rings. The van der Waals surface area contributed by atoms with Crippen LogP contribution >= 0.6 is 0 Å². The summed E-state index contributed by atoms with van der Waals surface area (Å²) < 4.78 is 16.9. The number of allylic oxidation sites excluding steroid dienone is 4. The van der Waals surface area contributed by atoms with Gasteiger partial charge in [0.15, 0.2) is 6.10 Å². The number of carbonyl (C=O) groups excluding carboxylic acids is 3. The average molecular weight is 972 g/mol. The van der Waals surface area contributed by atoms with Crippen molar-refractivity contribution in [2.75, 3.05) is 13.2 Å². The van der Waals surface area contributed by atoms with E-state index in [2.05, 4.69) is 45.1 Å². The van der Waals surface area contributed by atoms with E-state index in [1.54, 1.807) is 0 Å². The fraction of sp³-hybridized carbons (Fsp3) is 0.889. The van der Waals surface area contributed by atoms with E-state index in [1.807, 2.05) is 0 Å². The molecule has 0 aliphatic heterocycles. The molecule has 6 nitrogen and oxygen atoms in total. The Morgan fingerprint density at radius 1 is 0.275 bits per heavy atom. The Kier molecular flexibility index (Phi) is 56.7. The van der Waals surface area contributed by atoms with E-state index < -0.39 is 6.10 Å². The van der Waals surface area contributed by atoms with E-state index in [0.29, 0.717) is 19.3 Å². The topological polar surface area (TPSA) is 78.9 Å². The van der Waals surface area contributed by atoms with Crippen LogP contribution in [0.15, 0.2) is 24.3 Å². The Morgan fingerprint density at radius 2 is 0.478 bits per heavy atom. The van der Waals surface area contributed by atoms with Crippen LogP contribution in [0.2, 0.25) is 0 Å². The third kappa shape index (κ3) is 56.7. The predicted molar refractivity (Wildman–Crippen MR) is 298 cm³/mol. The Balaban J connectivity index is 4.32. The van der Waals surface area contributed by atoms with Gasteiger partial charge in [0.25, 0.3) is 0 Å². The van der Waals surface area contributed by atoms with Crippen LogP contribution in [0.3, 0.4) is 0 Å². The van der Waals surface area contributed by atoms with Crippen molar-refractivity contribution in [3.63, 3.8) is 0 Å². The largest absolute Gasteiger partial charge is 0.462 e. The number of ether oxygens (including phenoxy) is 3. The SMILES string of the molecule is CCCCCC/C=C/CCCCCCCCCC(=O)OC[C@H](COC(=O)CCCCCCCCCCC/C=C/CCCCCCCC)OC(=O)CCCCCCCCCCCCCCCCCCC. The molecule has 0 bridgehead atoms. The van der Waals surface area contributed by atoms with Crippen LogP contribution in [-0.4, -0.2) is 37.2 Å². The van der Waals surface area contributed by atoms with E-state index in [9.17, 15) is 14.4 Å². The van der Waals surface area contributed by atoms with Crippen molar-refractivity contribution in [3.8, 4) is 0 Å². The van der Waals surface area contributed by atoms with Gasteiger partial charge < -0.3 is 14.2 Å². The molecular weight excluding hydrogens is 853 g/mol. The molecule has 0 rings (SSSR count). The lowest BCUT2D eigenvalue weighted by Crippen LogP contribution is -2.30. The third-order valence-corrected chi connectivity index (χ3v) is 13.9. The monoisotopic (exact) mass is 971 g/mol. The lowest BCUT2D eigenvalue weighted by atomic mass is 10.0. The second-order valence-electron chi connectivity index (χ2n) is 21.0. The molecule has 0 heterocycles. The van der Waals surface area contributed by atoms with E-state index in [-0.39, 0.29) is 31.1 Å². The van der Waals surface area contributed by atoms with Gasteiger partial charge in [-0.15, -0.1) is 0 Å². The number of carbonyl (C=O) groups is 3. The van der Waals surface area contributed by atoms with Crippen LogP contribution in [0.25, 0.3) is 0 Å². The summed E-state index contributed by atoms with van der Waals surface area (Å²) in [4.78, 5) is 38.2. The predicted octanol–water partition coefficient (Wildman–Crippen LogP) is 20.7. The lowest BCUT2D eigenvalue weighted by molar-refractivity contribution is -0.167. The van der Waals surface area contributed by atoms with Gasteiger partial charge in [0.05, 0.1) is 0 Å². The highest BCUT2D eigenvalue weighted by Gasteiger charge is 2.19. The van der Waals surface area contributed by atoms with Crippen LogP contribution in [0.5, 0.6) is 0 Å². The fourth-order valence-electron chi connectivity index (χ4n) is 9.26. The molecule has 0 saturated heterocycles. The van der Waals surface area contributed by atoms with Gasteiger partial charge in [-0.25, -0.2) is 0 Å². The molecule has 69 heavy (non-hydrogen) atoms. The van der Waals surface area contributed by atoms with Crippen molar-refractivity contribution >= 4 is 17.9 Å². The smallest absolute Gasteiger partial charge is 0.306 e. The van der Waals surface area contributed by atoms with Crippen LogP contribution in [0, 0.1) is 0 Å². The first-order valence-electron chi connectivity index (χ1n) is 30.8. The van der Waals surface area contributed by atoms with Crippen molar-refractivity contribution in [2.45, 2.75) is 348 Å². The zero-order chi connectivity index (χ0) is 50.0. The third-order valence-electron chi connectivity index (χ3n) is 13.9. The first kappa shape index (κ1) is 66.9. The average Bonchev–Trinajstić information content (AvgIpc) is 3.35. The summed E-state index contributed by atoms with van der Waals surface area (Å²) in [5.41, 5.74) is 0. The van der Waals surface area contributed by atoms with Gasteiger partial charge in [-0.2, -0.15) is 0 Å². The van der Waals surface area contributed by atoms with Gasteiger partial charge in [0.2, 0.25) is 0 Å². The summed E-state index contributed by atoms with van der Waals surface area (Å²) in [5, 5.41) is 0. The minimum absolute atomic E-state index is 0.0689. The second-order valence-corrected chi connectivity index (χ2v) is 21.0. The number of esters is 3. The highest BCUT2D eigenvalue weighted by molar-refractivity contribution is 5.71. The van der Waals surface area contributed by atoms with Gasteiger partial charge in [0.1, 0.15) is 13.2 Å². The van der Waals surface area contributed by atoms with E-state index in [4.69, 9.17) is 14.2 Å². The molecule has 0 radical (unpaired) electrons. The van der Waals surface area contributed by atoms with E-state index >= 15 is 0 Å². The molecule has 0 unspecified atom stereocenters. The summed E-state index contributed by atoms with van der Waals surface area (Å²) in [6, 6.07) is 0. The summed E-state index contributed by atoms with van der Waals surface area (Å²) in [6.07, 6.45) is 68.8. The van der Waals surface area contributed by atoms with Crippen LogP contribution in [0.4, 0.5) is 0 Å². The van der Waals surface area contributed by atoms with Gasteiger partial charge >= 0.3 is 17.9 Å². The molecule has 0 aromatic carbocycles. The van der Waals surface area contributed by atoms with Crippen LogP contribution < -0.4 is 0 Å². The van der Waals surface area contributed by atoms with Crippen LogP contribution in [-0.2, 0) is 28.6 Å². The zero-order valence-electron chi connectivity index (χ0n) is 46.6. The minimum atomic E-state index is -0.770. The number of hydrogen-bond donors (Lipinski definition) is 0. The molecule has 6 heteroatoms. The number of rotatable bonds is 57. The molecule has 0 aliphatic carbocycles. The summed E-state index contributed by atoms with van der Waals surface area (Å²) in [7, 11) is 0. The van der Waals surface area contributed by atoms with Crippen LogP contribution in [0.1, 0.15) is 342 Å². The molecule has 0 fully saturated rings. The van der Waals surface area contributed by atoms with Crippen molar-refractivity contribution in [3.05, 3.63) is 24.3 Å². The Hall–Kier alpha value is -2.11. The first-order valence-corrected chi connectivity index (χ1v) is 30.8. The molecule has 406 valence electrons. The van der Waals surface area contributed by atoms with Gasteiger partial charge in [0, 0.05) is 19.3 Å². The van der Waals surface area contributed by atoms with Crippen molar-refractivity contribution < 1.29 is 28.6 Å². The standard InChI is InChI=1S/C63H118O6/c1-4-7-10-13-16-19-22-25-28-30-31-33-35-38-41-44-47-50-53-56-62(65)68-59-60(58-67-61(64)55-52-49-46-43-40-37-34-27-24-21-18-15-12-9-6-3)69-63(66)57-54-51-48-45-42-39-36-32-29-26-23-20-17-14-11-8-5-2/h21,24-25,28,60H,4-20,22-23,26-27,29-59H2,1-3H3/b24-21+,28-25+/t60-/m1/s1. The maximum absolute atomic E-state index is 12.9. The normalized spacial score (nSPS) is 12.1. The fourth-order valence-corrected chi connectivity index (χ4v) is 9.26. The summed E-state index contributed by atoms with van der Waals surface area (Å²) in [6.45, 7) is 6.68. The zero-order valence-corrected chi connectivity index (χ0v) is 46.6. The van der Waals surface area contributed by atoms with Gasteiger partial charge in [-0.05, 0) is 70.6 Å². The van der Waals surface area contributed by atoms with Crippen molar-refractivity contribution in [1.82, 2.24) is 0 Å². The molecule has 1 atom stereocenters. The molecule has 0 N–H and O–H groups in total. The lowest BCUT2D eigenvalue weighted by Gasteiger charge is -2.18. The molecule has 0 amide bonds. The van der Waals surface area contributed by atoms with Crippen molar-refractivity contribution in [1.29, 1.82) is 0 Å². The van der Waals surface area contributed by atoms with Gasteiger partial charge in [-0.3, -0.25) is 14.4 Å². The highest BCUT2D eigenvalue weighted by Crippen LogP contribution is 2.17. The Bertz CT molecular complexity index is 1110. The maximum Gasteiger partial charge on any atom is 0.306 e. The maximum atomic E-state index is 12.9. The molecular formula is C63H118O6.